The predicted octanol–water partition coefficient (Wildman–Crippen LogP) is 1.56. The maximum Gasteiger partial charge on any atom is 0.0648 e. The smallest absolute Gasteiger partial charge is 0.0648 e. The van der Waals surface area contributed by atoms with Crippen molar-refractivity contribution in [2.75, 3.05) is 20.3 Å². The van der Waals surface area contributed by atoms with E-state index >= 15 is 0 Å². The number of methoxy groups -OCH3 is 1. The lowest BCUT2D eigenvalue weighted by Gasteiger charge is -2.25. The molecular weight excluding hydrogens is 166 g/mol. The van der Waals surface area contributed by atoms with Crippen LogP contribution in [-0.4, -0.2) is 32.0 Å². The van der Waals surface area contributed by atoms with Crippen LogP contribution in [0.2, 0.25) is 0 Å². The summed E-state index contributed by atoms with van der Waals surface area (Å²) in [7, 11) is 1.71. The molecule has 0 heterocycles. The molecule has 0 bridgehead atoms. The lowest BCUT2D eigenvalue weighted by Crippen LogP contribution is -2.28. The highest BCUT2D eigenvalue weighted by molar-refractivity contribution is 4.68. The molecule has 1 unspecified atom stereocenters. The first-order chi connectivity index (χ1) is 5.98. The SMILES string of the molecule is COCCC(C)(C)OCCC(C)N. The predicted molar refractivity (Wildman–Crippen MR) is 54.8 cm³/mol. The van der Waals surface area contributed by atoms with Gasteiger partial charge >= 0.3 is 0 Å². The number of rotatable bonds is 7. The Labute approximate surface area is 81.6 Å². The first-order valence-corrected chi connectivity index (χ1v) is 4.86. The van der Waals surface area contributed by atoms with Crippen molar-refractivity contribution in [2.45, 2.75) is 45.3 Å². The van der Waals surface area contributed by atoms with Gasteiger partial charge in [-0.3, -0.25) is 0 Å². The average molecular weight is 189 g/mol. The molecule has 80 valence electrons. The highest BCUT2D eigenvalue weighted by atomic mass is 16.5. The lowest BCUT2D eigenvalue weighted by molar-refractivity contribution is -0.0384. The van der Waals surface area contributed by atoms with E-state index < -0.39 is 0 Å². The molecule has 3 nitrogen and oxygen atoms in total. The monoisotopic (exact) mass is 189 g/mol. The Morgan fingerprint density at radius 3 is 2.38 bits per heavy atom. The molecule has 3 heteroatoms. The van der Waals surface area contributed by atoms with E-state index in [1.165, 1.54) is 0 Å². The third kappa shape index (κ3) is 8.22. The first-order valence-electron chi connectivity index (χ1n) is 4.86. The van der Waals surface area contributed by atoms with E-state index in [0.717, 1.165) is 26.1 Å². The summed E-state index contributed by atoms with van der Waals surface area (Å²) in [5.74, 6) is 0. The molecule has 0 aliphatic carbocycles. The molecular formula is C10H23NO2. The molecule has 0 fully saturated rings. The van der Waals surface area contributed by atoms with Gasteiger partial charge in [0.25, 0.3) is 0 Å². The fourth-order valence-electron chi connectivity index (χ4n) is 0.941. The summed E-state index contributed by atoms with van der Waals surface area (Å²) in [5, 5.41) is 0. The molecule has 0 saturated heterocycles. The van der Waals surface area contributed by atoms with Gasteiger partial charge in [-0.1, -0.05) is 0 Å². The summed E-state index contributed by atoms with van der Waals surface area (Å²) in [4.78, 5) is 0. The molecule has 0 aromatic carbocycles. The van der Waals surface area contributed by atoms with Gasteiger partial charge in [0.15, 0.2) is 0 Å². The van der Waals surface area contributed by atoms with Crippen molar-refractivity contribution in [3.05, 3.63) is 0 Å². The van der Waals surface area contributed by atoms with Crippen LogP contribution in [0.25, 0.3) is 0 Å². The summed E-state index contributed by atoms with van der Waals surface area (Å²) in [6.45, 7) is 7.62. The molecule has 0 amide bonds. The quantitative estimate of drug-likeness (QED) is 0.661. The van der Waals surface area contributed by atoms with Gasteiger partial charge in [0, 0.05) is 26.4 Å². The summed E-state index contributed by atoms with van der Waals surface area (Å²) in [6, 6.07) is 0.221. The molecule has 13 heavy (non-hydrogen) atoms. The minimum atomic E-state index is -0.0924. The van der Waals surface area contributed by atoms with Crippen molar-refractivity contribution in [3.63, 3.8) is 0 Å². The fraction of sp³-hybridized carbons (Fsp3) is 1.00. The Balaban J connectivity index is 3.50. The second-order valence-corrected chi connectivity index (χ2v) is 4.12. The summed E-state index contributed by atoms with van der Waals surface area (Å²) < 4.78 is 10.7. The maximum atomic E-state index is 5.68. The van der Waals surface area contributed by atoms with Gasteiger partial charge < -0.3 is 15.2 Å². The van der Waals surface area contributed by atoms with Gasteiger partial charge in [0.05, 0.1) is 5.60 Å². The van der Waals surface area contributed by atoms with Gasteiger partial charge in [0.2, 0.25) is 0 Å². The Kier molecular flexibility index (Phi) is 6.29. The molecule has 0 saturated carbocycles. The van der Waals surface area contributed by atoms with E-state index in [-0.39, 0.29) is 11.6 Å². The summed E-state index contributed by atoms with van der Waals surface area (Å²) >= 11 is 0. The van der Waals surface area contributed by atoms with Crippen molar-refractivity contribution < 1.29 is 9.47 Å². The van der Waals surface area contributed by atoms with Crippen LogP contribution in [0.4, 0.5) is 0 Å². The Morgan fingerprint density at radius 2 is 1.92 bits per heavy atom. The molecule has 1 atom stereocenters. The minimum Gasteiger partial charge on any atom is -0.385 e. The van der Waals surface area contributed by atoms with Crippen LogP contribution >= 0.6 is 0 Å². The zero-order valence-electron chi connectivity index (χ0n) is 9.30. The molecule has 0 rings (SSSR count). The maximum absolute atomic E-state index is 5.68. The highest BCUT2D eigenvalue weighted by Gasteiger charge is 2.17. The van der Waals surface area contributed by atoms with Crippen molar-refractivity contribution in [1.29, 1.82) is 0 Å². The third-order valence-electron chi connectivity index (χ3n) is 1.97. The van der Waals surface area contributed by atoms with Crippen LogP contribution in [0.1, 0.15) is 33.6 Å². The largest absolute Gasteiger partial charge is 0.385 e. The van der Waals surface area contributed by atoms with Gasteiger partial charge in [-0.2, -0.15) is 0 Å². The Hall–Kier alpha value is -0.120. The fourth-order valence-corrected chi connectivity index (χ4v) is 0.941. The normalized spacial score (nSPS) is 14.5. The van der Waals surface area contributed by atoms with Crippen LogP contribution in [0.5, 0.6) is 0 Å². The van der Waals surface area contributed by atoms with Crippen LogP contribution < -0.4 is 5.73 Å². The van der Waals surface area contributed by atoms with E-state index in [1.807, 2.05) is 6.92 Å². The number of nitrogens with two attached hydrogens (primary N) is 1. The zero-order chi connectivity index (χ0) is 10.3. The van der Waals surface area contributed by atoms with E-state index in [9.17, 15) is 0 Å². The van der Waals surface area contributed by atoms with Crippen LogP contribution in [0.3, 0.4) is 0 Å². The van der Waals surface area contributed by atoms with E-state index in [4.69, 9.17) is 15.2 Å². The average Bonchev–Trinajstić information content (AvgIpc) is 2.00. The topological polar surface area (TPSA) is 44.5 Å². The van der Waals surface area contributed by atoms with Gasteiger partial charge in [-0.25, -0.2) is 0 Å². The third-order valence-corrected chi connectivity index (χ3v) is 1.97. The molecule has 2 N–H and O–H groups in total. The number of ether oxygens (including phenoxy) is 2. The Morgan fingerprint density at radius 1 is 1.31 bits per heavy atom. The lowest BCUT2D eigenvalue weighted by atomic mass is 10.1. The van der Waals surface area contributed by atoms with Crippen molar-refractivity contribution in [2.24, 2.45) is 5.73 Å². The van der Waals surface area contributed by atoms with Crippen molar-refractivity contribution in [1.82, 2.24) is 0 Å². The van der Waals surface area contributed by atoms with E-state index in [0.29, 0.717) is 0 Å². The minimum absolute atomic E-state index is 0.0924. The molecule has 0 aromatic rings. The van der Waals surface area contributed by atoms with Crippen molar-refractivity contribution in [3.8, 4) is 0 Å². The second-order valence-electron chi connectivity index (χ2n) is 4.12. The number of hydrogen-bond acceptors (Lipinski definition) is 3. The zero-order valence-corrected chi connectivity index (χ0v) is 9.30. The van der Waals surface area contributed by atoms with Crippen LogP contribution in [0, 0.1) is 0 Å². The van der Waals surface area contributed by atoms with Gasteiger partial charge in [0.1, 0.15) is 0 Å². The van der Waals surface area contributed by atoms with E-state index in [1.54, 1.807) is 7.11 Å². The highest BCUT2D eigenvalue weighted by Crippen LogP contribution is 2.14. The first kappa shape index (κ1) is 12.9. The molecule has 0 aliphatic rings. The van der Waals surface area contributed by atoms with Gasteiger partial charge in [-0.05, 0) is 33.6 Å². The Bertz CT molecular complexity index is 124. The molecule has 0 spiro atoms. The van der Waals surface area contributed by atoms with Crippen LogP contribution in [-0.2, 0) is 9.47 Å². The van der Waals surface area contributed by atoms with Crippen LogP contribution in [0.15, 0.2) is 0 Å². The molecule has 0 aliphatic heterocycles. The molecule has 0 radical (unpaired) electrons. The van der Waals surface area contributed by atoms with E-state index in [2.05, 4.69) is 13.8 Å². The van der Waals surface area contributed by atoms with Gasteiger partial charge in [-0.15, -0.1) is 0 Å². The number of hydrogen-bond donors (Lipinski definition) is 1. The summed E-state index contributed by atoms with van der Waals surface area (Å²) in [6.07, 6.45) is 1.83. The molecule has 0 aromatic heterocycles. The standard InChI is InChI=1S/C10H23NO2/c1-9(11)5-7-13-10(2,3)6-8-12-4/h9H,5-8,11H2,1-4H3. The summed E-state index contributed by atoms with van der Waals surface area (Å²) in [5.41, 5.74) is 5.52. The van der Waals surface area contributed by atoms with Crippen molar-refractivity contribution >= 4 is 0 Å². The second kappa shape index (κ2) is 6.35.